The number of ether oxygens (including phenoxy) is 1. The molecule has 0 radical (unpaired) electrons. The van der Waals surface area contributed by atoms with E-state index in [4.69, 9.17) is 14.7 Å². The van der Waals surface area contributed by atoms with Crippen molar-refractivity contribution in [1.29, 1.82) is 0 Å². The minimum Gasteiger partial charge on any atom is -0.444 e. The van der Waals surface area contributed by atoms with Crippen molar-refractivity contribution in [2.24, 2.45) is 5.92 Å². The minimum absolute atomic E-state index is 0.216. The molecular weight excluding hydrogens is 444 g/mol. The predicted octanol–water partition coefficient (Wildman–Crippen LogP) is 3.58. The van der Waals surface area contributed by atoms with Gasteiger partial charge in [-0.05, 0) is 59.9 Å². The molecule has 35 heavy (non-hydrogen) atoms. The van der Waals surface area contributed by atoms with E-state index in [1.807, 2.05) is 44.7 Å². The Bertz CT molecular complexity index is 994. The van der Waals surface area contributed by atoms with E-state index in [9.17, 15) is 4.79 Å². The number of amides is 1. The molecule has 192 valence electrons. The molecule has 0 saturated carbocycles. The second-order valence-corrected chi connectivity index (χ2v) is 10.8. The third-order valence-electron chi connectivity index (χ3n) is 6.52. The second kappa shape index (κ2) is 10.8. The SMILES string of the molecule is Cc1cc(Nc2cc(N3CCN(C)CC3)nc(C[C@@H]3CCCN(C(=O)OC(C)(C)C)CC3)n2)n[nH]1. The second-order valence-electron chi connectivity index (χ2n) is 10.8. The van der Waals surface area contributed by atoms with Gasteiger partial charge in [-0.2, -0.15) is 5.10 Å². The summed E-state index contributed by atoms with van der Waals surface area (Å²) in [6.07, 6.45) is 3.50. The first-order chi connectivity index (χ1) is 16.6. The Morgan fingerprint density at radius 2 is 1.86 bits per heavy atom. The lowest BCUT2D eigenvalue weighted by Gasteiger charge is -2.33. The average molecular weight is 485 g/mol. The summed E-state index contributed by atoms with van der Waals surface area (Å²) in [4.78, 5) is 28.9. The molecule has 2 aromatic rings. The zero-order valence-corrected chi connectivity index (χ0v) is 21.8. The normalized spacial score (nSPS) is 20.0. The Kier molecular flexibility index (Phi) is 7.78. The van der Waals surface area contributed by atoms with Gasteiger partial charge in [0, 0.05) is 63.5 Å². The van der Waals surface area contributed by atoms with Gasteiger partial charge in [0.2, 0.25) is 0 Å². The zero-order chi connectivity index (χ0) is 25.0. The summed E-state index contributed by atoms with van der Waals surface area (Å²) in [7, 11) is 2.16. The fourth-order valence-electron chi connectivity index (χ4n) is 4.59. The number of piperazine rings is 1. The first kappa shape index (κ1) is 25.2. The molecule has 10 nitrogen and oxygen atoms in total. The van der Waals surface area contributed by atoms with Gasteiger partial charge in [-0.3, -0.25) is 5.10 Å². The molecule has 0 spiro atoms. The third kappa shape index (κ3) is 7.30. The van der Waals surface area contributed by atoms with Crippen molar-refractivity contribution >= 4 is 23.5 Å². The molecule has 4 heterocycles. The van der Waals surface area contributed by atoms with E-state index in [-0.39, 0.29) is 6.09 Å². The maximum atomic E-state index is 12.5. The third-order valence-corrected chi connectivity index (χ3v) is 6.52. The molecule has 10 heteroatoms. The van der Waals surface area contributed by atoms with Crippen LogP contribution in [0.4, 0.5) is 22.2 Å². The van der Waals surface area contributed by atoms with E-state index < -0.39 is 5.60 Å². The van der Waals surface area contributed by atoms with Crippen LogP contribution in [0, 0.1) is 12.8 Å². The van der Waals surface area contributed by atoms with Crippen LogP contribution in [0.1, 0.15) is 51.6 Å². The van der Waals surface area contributed by atoms with Crippen LogP contribution < -0.4 is 10.2 Å². The lowest BCUT2D eigenvalue weighted by Crippen LogP contribution is -2.45. The Labute approximate surface area is 208 Å². The summed E-state index contributed by atoms with van der Waals surface area (Å²) in [6.45, 7) is 13.1. The smallest absolute Gasteiger partial charge is 0.410 e. The lowest BCUT2D eigenvalue weighted by molar-refractivity contribution is 0.0255. The topological polar surface area (TPSA) is 103 Å². The molecule has 0 aromatic carbocycles. The molecule has 1 amide bonds. The average Bonchev–Trinajstić information content (AvgIpc) is 3.04. The summed E-state index contributed by atoms with van der Waals surface area (Å²) in [5.74, 6) is 3.73. The van der Waals surface area contributed by atoms with E-state index in [1.54, 1.807) is 0 Å². The Morgan fingerprint density at radius 3 is 2.54 bits per heavy atom. The van der Waals surface area contributed by atoms with Gasteiger partial charge in [0.25, 0.3) is 0 Å². The molecule has 2 N–H and O–H groups in total. The molecule has 0 aliphatic carbocycles. The van der Waals surface area contributed by atoms with Crippen molar-refractivity contribution in [3.05, 3.63) is 23.7 Å². The van der Waals surface area contributed by atoms with Gasteiger partial charge in [0.1, 0.15) is 23.1 Å². The van der Waals surface area contributed by atoms with Gasteiger partial charge in [-0.25, -0.2) is 14.8 Å². The minimum atomic E-state index is -0.476. The summed E-state index contributed by atoms with van der Waals surface area (Å²) in [6, 6.07) is 3.99. The number of aromatic nitrogens is 4. The van der Waals surface area contributed by atoms with Gasteiger partial charge in [0.15, 0.2) is 5.82 Å². The quantitative estimate of drug-likeness (QED) is 0.664. The van der Waals surface area contributed by atoms with E-state index in [0.29, 0.717) is 12.5 Å². The number of carbonyl (C=O) groups excluding carboxylic acids is 1. The van der Waals surface area contributed by atoms with Gasteiger partial charge in [-0.1, -0.05) is 0 Å². The van der Waals surface area contributed by atoms with Crippen LogP contribution in [0.3, 0.4) is 0 Å². The Hall–Kier alpha value is -2.88. The molecule has 0 bridgehead atoms. The highest BCUT2D eigenvalue weighted by molar-refractivity contribution is 5.68. The van der Waals surface area contributed by atoms with Gasteiger partial charge < -0.3 is 24.8 Å². The first-order valence-electron chi connectivity index (χ1n) is 12.7. The standard InChI is InChI=1S/C25H40N8O2/c1-18-15-22(30-29-18)27-21-17-23(32-13-11-31(5)12-14-32)28-20(26-21)16-19-7-6-9-33(10-8-19)24(34)35-25(2,3)4/h15,17,19H,6-14,16H2,1-5H3,(H2,26,27,28,29,30)/t19-/m1/s1. The number of carbonyl (C=O) groups is 1. The fourth-order valence-corrected chi connectivity index (χ4v) is 4.59. The summed E-state index contributed by atoms with van der Waals surface area (Å²) in [5.41, 5.74) is 0.519. The number of nitrogens with one attached hydrogen (secondary N) is 2. The molecule has 1 atom stereocenters. The van der Waals surface area contributed by atoms with Crippen molar-refractivity contribution < 1.29 is 9.53 Å². The number of rotatable bonds is 5. The number of aromatic amines is 1. The highest BCUT2D eigenvalue weighted by atomic mass is 16.6. The molecule has 2 aliphatic heterocycles. The Morgan fingerprint density at radius 1 is 1.09 bits per heavy atom. The molecule has 2 saturated heterocycles. The molecule has 0 unspecified atom stereocenters. The van der Waals surface area contributed by atoms with E-state index >= 15 is 0 Å². The monoisotopic (exact) mass is 484 g/mol. The Balaban J connectivity index is 1.47. The van der Waals surface area contributed by atoms with Crippen molar-refractivity contribution in [2.45, 2.75) is 59.0 Å². The molecular formula is C25H40N8O2. The van der Waals surface area contributed by atoms with Crippen LogP contribution >= 0.6 is 0 Å². The molecule has 2 fully saturated rings. The number of H-pyrrole nitrogens is 1. The van der Waals surface area contributed by atoms with Crippen LogP contribution in [-0.2, 0) is 11.2 Å². The van der Waals surface area contributed by atoms with Crippen LogP contribution in [-0.4, -0.2) is 88.0 Å². The maximum Gasteiger partial charge on any atom is 0.410 e. The predicted molar refractivity (Wildman–Crippen MR) is 137 cm³/mol. The van der Waals surface area contributed by atoms with Gasteiger partial charge >= 0.3 is 6.09 Å². The van der Waals surface area contributed by atoms with Crippen molar-refractivity contribution in [3.8, 4) is 0 Å². The van der Waals surface area contributed by atoms with Gasteiger partial charge in [-0.15, -0.1) is 0 Å². The van der Waals surface area contributed by atoms with Crippen molar-refractivity contribution in [3.63, 3.8) is 0 Å². The highest BCUT2D eigenvalue weighted by Crippen LogP contribution is 2.25. The zero-order valence-electron chi connectivity index (χ0n) is 21.8. The van der Waals surface area contributed by atoms with E-state index in [2.05, 4.69) is 32.4 Å². The number of aryl methyl sites for hydroxylation is 1. The van der Waals surface area contributed by atoms with E-state index in [0.717, 1.165) is 87.4 Å². The molecule has 2 aromatic heterocycles. The fraction of sp³-hybridized carbons (Fsp3) is 0.680. The summed E-state index contributed by atoms with van der Waals surface area (Å²) >= 11 is 0. The summed E-state index contributed by atoms with van der Waals surface area (Å²) in [5, 5.41) is 10.6. The van der Waals surface area contributed by atoms with Gasteiger partial charge in [0.05, 0.1) is 0 Å². The van der Waals surface area contributed by atoms with Crippen LogP contribution in [0.25, 0.3) is 0 Å². The lowest BCUT2D eigenvalue weighted by atomic mass is 9.96. The van der Waals surface area contributed by atoms with Crippen molar-refractivity contribution in [2.75, 3.05) is 56.5 Å². The van der Waals surface area contributed by atoms with Crippen LogP contribution in [0.2, 0.25) is 0 Å². The van der Waals surface area contributed by atoms with Crippen LogP contribution in [0.5, 0.6) is 0 Å². The number of hydrogen-bond acceptors (Lipinski definition) is 8. The number of likely N-dealkylation sites (N-methyl/N-ethyl adjacent to an activating group) is 1. The number of hydrogen-bond donors (Lipinski definition) is 2. The molecule has 4 rings (SSSR count). The highest BCUT2D eigenvalue weighted by Gasteiger charge is 2.26. The first-order valence-corrected chi connectivity index (χ1v) is 12.7. The van der Waals surface area contributed by atoms with E-state index in [1.165, 1.54) is 0 Å². The summed E-state index contributed by atoms with van der Waals surface area (Å²) < 4.78 is 5.59. The molecule has 2 aliphatic rings. The number of nitrogens with zero attached hydrogens (tertiary/aromatic N) is 6. The number of anilines is 3. The number of likely N-dealkylation sites (tertiary alicyclic amines) is 1. The largest absolute Gasteiger partial charge is 0.444 e. The van der Waals surface area contributed by atoms with Crippen molar-refractivity contribution in [1.82, 2.24) is 30.0 Å². The van der Waals surface area contributed by atoms with Crippen LogP contribution in [0.15, 0.2) is 12.1 Å². The maximum absolute atomic E-state index is 12.5.